The van der Waals surface area contributed by atoms with Crippen LogP contribution in [0.15, 0.2) is 12.1 Å². The van der Waals surface area contributed by atoms with Crippen molar-refractivity contribution in [3.8, 4) is 5.75 Å². The molecule has 0 saturated heterocycles. The second kappa shape index (κ2) is 5.53. The van der Waals surface area contributed by atoms with Crippen LogP contribution in [0.1, 0.15) is 37.0 Å². The molecular formula is C12H18ClNO2. The molecule has 4 heteroatoms. The Morgan fingerprint density at radius 2 is 2.00 bits per heavy atom. The number of aliphatic hydroxyl groups excluding tert-OH is 1. The highest BCUT2D eigenvalue weighted by Gasteiger charge is 2.16. The fourth-order valence-electron chi connectivity index (χ4n) is 1.59. The van der Waals surface area contributed by atoms with Crippen LogP contribution < -0.4 is 10.5 Å². The summed E-state index contributed by atoms with van der Waals surface area (Å²) in [7, 11) is 1.57. The van der Waals surface area contributed by atoms with Crippen LogP contribution in [0.5, 0.6) is 5.75 Å². The molecule has 0 radical (unpaired) electrons. The van der Waals surface area contributed by atoms with Crippen molar-refractivity contribution in [1.82, 2.24) is 0 Å². The van der Waals surface area contributed by atoms with Crippen molar-refractivity contribution < 1.29 is 9.84 Å². The topological polar surface area (TPSA) is 55.5 Å². The monoisotopic (exact) mass is 243 g/mol. The predicted molar refractivity (Wildman–Crippen MR) is 66.1 cm³/mol. The molecule has 0 aliphatic carbocycles. The maximum Gasteiger partial charge on any atom is 0.125 e. The lowest BCUT2D eigenvalue weighted by Crippen LogP contribution is -2.13. The van der Waals surface area contributed by atoms with Crippen LogP contribution >= 0.6 is 11.6 Å². The van der Waals surface area contributed by atoms with Crippen LogP contribution in [0.25, 0.3) is 0 Å². The van der Waals surface area contributed by atoms with Crippen LogP contribution in [-0.2, 0) is 0 Å². The van der Waals surface area contributed by atoms with Gasteiger partial charge in [-0.1, -0.05) is 25.4 Å². The summed E-state index contributed by atoms with van der Waals surface area (Å²) < 4.78 is 5.24. The van der Waals surface area contributed by atoms with E-state index >= 15 is 0 Å². The van der Waals surface area contributed by atoms with Crippen LogP contribution in [0.4, 0.5) is 0 Å². The van der Waals surface area contributed by atoms with Gasteiger partial charge in [-0.2, -0.15) is 0 Å². The minimum atomic E-state index is -0.742. The number of halogens is 1. The molecular weight excluding hydrogens is 226 g/mol. The fraction of sp³-hybridized carbons (Fsp3) is 0.500. The van der Waals surface area contributed by atoms with Gasteiger partial charge in [0, 0.05) is 17.1 Å². The summed E-state index contributed by atoms with van der Waals surface area (Å²) in [6.45, 7) is 4.26. The van der Waals surface area contributed by atoms with Gasteiger partial charge < -0.3 is 15.6 Å². The van der Waals surface area contributed by atoms with Gasteiger partial charge in [0.05, 0.1) is 13.2 Å². The Morgan fingerprint density at radius 3 is 2.44 bits per heavy atom. The van der Waals surface area contributed by atoms with Crippen LogP contribution in [0, 0.1) is 0 Å². The van der Waals surface area contributed by atoms with Gasteiger partial charge in [0.2, 0.25) is 0 Å². The maximum atomic E-state index is 9.73. The van der Waals surface area contributed by atoms with Gasteiger partial charge in [-0.05, 0) is 23.6 Å². The summed E-state index contributed by atoms with van der Waals surface area (Å²) in [5.41, 5.74) is 7.07. The van der Waals surface area contributed by atoms with Gasteiger partial charge in [-0.25, -0.2) is 0 Å². The molecule has 0 aliphatic rings. The SMILES string of the molecule is COc1cc(C(C)C)c(Cl)cc1C(O)CN. The number of rotatable bonds is 4. The van der Waals surface area contributed by atoms with Gasteiger partial charge in [-0.3, -0.25) is 0 Å². The van der Waals surface area contributed by atoms with E-state index in [1.54, 1.807) is 13.2 Å². The van der Waals surface area contributed by atoms with Gasteiger partial charge >= 0.3 is 0 Å². The van der Waals surface area contributed by atoms with E-state index < -0.39 is 6.10 Å². The van der Waals surface area contributed by atoms with E-state index in [4.69, 9.17) is 22.1 Å². The first-order valence-corrected chi connectivity index (χ1v) is 5.64. The largest absolute Gasteiger partial charge is 0.496 e. The lowest BCUT2D eigenvalue weighted by molar-refractivity contribution is 0.182. The first kappa shape index (κ1) is 13.3. The Hall–Kier alpha value is -0.770. The summed E-state index contributed by atoms with van der Waals surface area (Å²) in [4.78, 5) is 0. The summed E-state index contributed by atoms with van der Waals surface area (Å²) >= 11 is 6.15. The number of nitrogens with two attached hydrogens (primary N) is 1. The van der Waals surface area contributed by atoms with Crippen LogP contribution in [0.3, 0.4) is 0 Å². The third-order valence-corrected chi connectivity index (χ3v) is 2.88. The third kappa shape index (κ3) is 2.67. The Kier molecular flexibility index (Phi) is 4.59. The van der Waals surface area contributed by atoms with E-state index in [0.717, 1.165) is 5.56 Å². The van der Waals surface area contributed by atoms with Crippen molar-refractivity contribution in [3.05, 3.63) is 28.3 Å². The Balaban J connectivity index is 3.26. The highest BCUT2D eigenvalue weighted by molar-refractivity contribution is 6.31. The number of ether oxygens (including phenoxy) is 1. The van der Waals surface area contributed by atoms with Gasteiger partial charge in [0.25, 0.3) is 0 Å². The molecule has 1 aromatic carbocycles. The molecule has 90 valence electrons. The first-order chi connectivity index (χ1) is 7.51. The molecule has 0 bridgehead atoms. The van der Waals surface area contributed by atoms with Crippen molar-refractivity contribution >= 4 is 11.6 Å². The second-order valence-corrected chi connectivity index (χ2v) is 4.43. The summed E-state index contributed by atoms with van der Waals surface area (Å²) in [5, 5.41) is 10.4. The summed E-state index contributed by atoms with van der Waals surface area (Å²) in [6, 6.07) is 3.59. The van der Waals surface area contributed by atoms with Gasteiger partial charge in [0.15, 0.2) is 0 Å². The smallest absolute Gasteiger partial charge is 0.125 e. The molecule has 3 N–H and O–H groups in total. The second-order valence-electron chi connectivity index (χ2n) is 4.02. The normalized spacial score (nSPS) is 12.9. The molecule has 0 heterocycles. The van der Waals surface area contributed by atoms with E-state index in [2.05, 4.69) is 13.8 Å². The fourth-order valence-corrected chi connectivity index (χ4v) is 1.98. The molecule has 0 aliphatic heterocycles. The highest BCUT2D eigenvalue weighted by Crippen LogP contribution is 2.34. The average Bonchev–Trinajstić information content (AvgIpc) is 2.27. The van der Waals surface area contributed by atoms with Crippen LogP contribution in [-0.4, -0.2) is 18.8 Å². The molecule has 3 nitrogen and oxygen atoms in total. The molecule has 0 saturated carbocycles. The first-order valence-electron chi connectivity index (χ1n) is 5.26. The number of hydrogen-bond acceptors (Lipinski definition) is 3. The summed E-state index contributed by atoms with van der Waals surface area (Å²) in [6.07, 6.45) is -0.742. The van der Waals surface area contributed by atoms with Gasteiger partial charge in [0.1, 0.15) is 5.75 Å². The maximum absolute atomic E-state index is 9.73. The lowest BCUT2D eigenvalue weighted by Gasteiger charge is -2.17. The van der Waals surface area contributed by atoms with E-state index in [0.29, 0.717) is 22.3 Å². The zero-order chi connectivity index (χ0) is 12.3. The molecule has 1 unspecified atom stereocenters. The summed E-state index contributed by atoms with van der Waals surface area (Å²) in [5.74, 6) is 0.941. The Labute approximate surface area is 101 Å². The predicted octanol–water partition coefficient (Wildman–Crippen LogP) is 2.46. The molecule has 0 aromatic heterocycles. The molecule has 1 atom stereocenters. The molecule has 0 amide bonds. The molecule has 0 spiro atoms. The van der Waals surface area contributed by atoms with E-state index in [1.165, 1.54) is 0 Å². The number of benzene rings is 1. The highest BCUT2D eigenvalue weighted by atomic mass is 35.5. The van der Waals surface area contributed by atoms with Crippen molar-refractivity contribution in [2.45, 2.75) is 25.9 Å². The quantitative estimate of drug-likeness (QED) is 0.854. The van der Waals surface area contributed by atoms with Crippen LogP contribution in [0.2, 0.25) is 5.02 Å². The van der Waals surface area contributed by atoms with Gasteiger partial charge in [-0.15, -0.1) is 0 Å². The zero-order valence-electron chi connectivity index (χ0n) is 9.83. The Bertz CT molecular complexity index is 366. The van der Waals surface area contributed by atoms with Crippen molar-refractivity contribution in [3.63, 3.8) is 0 Å². The molecule has 16 heavy (non-hydrogen) atoms. The minimum absolute atomic E-state index is 0.147. The lowest BCUT2D eigenvalue weighted by atomic mass is 9.98. The van der Waals surface area contributed by atoms with Crippen molar-refractivity contribution in [2.75, 3.05) is 13.7 Å². The number of aliphatic hydroxyl groups is 1. The average molecular weight is 244 g/mol. The zero-order valence-corrected chi connectivity index (χ0v) is 10.6. The molecule has 1 aromatic rings. The Morgan fingerprint density at radius 1 is 1.38 bits per heavy atom. The third-order valence-electron chi connectivity index (χ3n) is 2.55. The number of methoxy groups -OCH3 is 1. The molecule has 1 rings (SSSR count). The molecule has 0 fully saturated rings. The standard InChI is InChI=1S/C12H18ClNO2/c1-7(2)8-5-12(16-3)9(4-10(8)13)11(15)6-14/h4-5,7,11,15H,6,14H2,1-3H3. The van der Waals surface area contributed by atoms with E-state index in [9.17, 15) is 5.11 Å². The van der Waals surface area contributed by atoms with E-state index in [-0.39, 0.29) is 6.54 Å². The van der Waals surface area contributed by atoms with E-state index in [1.807, 2.05) is 6.07 Å². The number of hydrogen-bond donors (Lipinski definition) is 2. The van der Waals surface area contributed by atoms with Crippen molar-refractivity contribution in [1.29, 1.82) is 0 Å². The van der Waals surface area contributed by atoms with Crippen molar-refractivity contribution in [2.24, 2.45) is 5.73 Å². The minimum Gasteiger partial charge on any atom is -0.496 e.